The normalized spacial score (nSPS) is 7.67. The van der Waals surface area contributed by atoms with Crippen LogP contribution in [-0.2, 0) is 19.2 Å². The van der Waals surface area contributed by atoms with E-state index in [0.717, 1.165) is 24.3 Å². The highest BCUT2D eigenvalue weighted by molar-refractivity contribution is 5.79. The molecule has 0 amide bonds. The molecule has 0 saturated heterocycles. The molecule has 0 rings (SSSR count). The summed E-state index contributed by atoms with van der Waals surface area (Å²) in [7, 11) is 0. The van der Waals surface area contributed by atoms with Gasteiger partial charge in [0.2, 0.25) is 0 Å². The summed E-state index contributed by atoms with van der Waals surface area (Å²) in [6.07, 6.45) is 14.8. The summed E-state index contributed by atoms with van der Waals surface area (Å²) < 4.78 is 0. The van der Waals surface area contributed by atoms with E-state index in [1.54, 1.807) is 0 Å². The van der Waals surface area contributed by atoms with Gasteiger partial charge < -0.3 is 20.4 Å². The second kappa shape index (κ2) is 36.7. The van der Waals surface area contributed by atoms with Crippen molar-refractivity contribution in [2.75, 3.05) is 0 Å². The standard InChI is InChI=1S/C10H22.4C3H4O2/c1-3-5-7-9-10-8-6-4-2;4*1-2-3(4)5/h3-10H2,1-2H3;4*2H,1H2,(H,4,5). The number of carboxylic acids is 4. The minimum atomic E-state index is -0.981. The van der Waals surface area contributed by atoms with E-state index in [9.17, 15) is 19.2 Å². The maximum atomic E-state index is 9.25. The van der Waals surface area contributed by atoms with Gasteiger partial charge in [0.25, 0.3) is 0 Å². The second-order valence-electron chi connectivity index (χ2n) is 5.29. The molecule has 174 valence electrons. The van der Waals surface area contributed by atoms with Crippen LogP contribution in [0.1, 0.15) is 65.2 Å². The molecule has 0 fully saturated rings. The molecule has 0 spiro atoms. The summed E-state index contributed by atoms with van der Waals surface area (Å²) in [6.45, 7) is 16.4. The minimum Gasteiger partial charge on any atom is -0.478 e. The molecule has 0 aliphatic carbocycles. The van der Waals surface area contributed by atoms with Crippen LogP contribution < -0.4 is 0 Å². The molecule has 0 aliphatic rings. The topological polar surface area (TPSA) is 149 Å². The van der Waals surface area contributed by atoms with Gasteiger partial charge in [0, 0.05) is 24.3 Å². The highest BCUT2D eigenvalue weighted by Crippen LogP contribution is 2.07. The molecule has 0 aliphatic heterocycles. The molecule has 0 radical (unpaired) electrons. The molecule has 0 aromatic heterocycles. The first kappa shape index (κ1) is 37.6. The van der Waals surface area contributed by atoms with Crippen molar-refractivity contribution in [3.63, 3.8) is 0 Å². The fourth-order valence-corrected chi connectivity index (χ4v) is 1.21. The van der Waals surface area contributed by atoms with E-state index >= 15 is 0 Å². The Balaban J connectivity index is -0.0000000908. The first-order valence-electron chi connectivity index (χ1n) is 9.41. The van der Waals surface area contributed by atoms with Gasteiger partial charge in [0.15, 0.2) is 0 Å². The van der Waals surface area contributed by atoms with E-state index in [-0.39, 0.29) is 0 Å². The van der Waals surface area contributed by atoms with Crippen molar-refractivity contribution >= 4 is 23.9 Å². The van der Waals surface area contributed by atoms with Crippen LogP contribution >= 0.6 is 0 Å². The quantitative estimate of drug-likeness (QED) is 0.259. The molecular weight excluding hydrogens is 392 g/mol. The average molecular weight is 431 g/mol. The van der Waals surface area contributed by atoms with Crippen LogP contribution in [0.2, 0.25) is 0 Å². The van der Waals surface area contributed by atoms with Gasteiger partial charge in [0.1, 0.15) is 0 Å². The molecule has 0 bridgehead atoms. The zero-order valence-corrected chi connectivity index (χ0v) is 18.2. The van der Waals surface area contributed by atoms with Crippen molar-refractivity contribution in [2.45, 2.75) is 65.2 Å². The van der Waals surface area contributed by atoms with Crippen molar-refractivity contribution in [3.8, 4) is 0 Å². The predicted octanol–water partition coefficient (Wildman–Crippen LogP) is 5.18. The predicted molar refractivity (Wildman–Crippen MR) is 120 cm³/mol. The lowest BCUT2D eigenvalue weighted by atomic mass is 10.1. The Morgan fingerprint density at radius 3 is 0.733 bits per heavy atom. The van der Waals surface area contributed by atoms with Gasteiger partial charge >= 0.3 is 23.9 Å². The fourth-order valence-electron chi connectivity index (χ4n) is 1.21. The Labute approximate surface area is 179 Å². The number of hydrogen-bond donors (Lipinski definition) is 4. The molecule has 0 saturated carbocycles. The van der Waals surface area contributed by atoms with Crippen molar-refractivity contribution < 1.29 is 39.6 Å². The van der Waals surface area contributed by atoms with Crippen molar-refractivity contribution in [3.05, 3.63) is 50.6 Å². The number of carbonyl (C=O) groups is 4. The molecule has 0 aromatic rings. The van der Waals surface area contributed by atoms with E-state index in [1.807, 2.05) is 0 Å². The Morgan fingerprint density at radius 2 is 0.633 bits per heavy atom. The van der Waals surface area contributed by atoms with Gasteiger partial charge in [-0.1, -0.05) is 91.5 Å². The van der Waals surface area contributed by atoms with Crippen LogP contribution in [0.3, 0.4) is 0 Å². The van der Waals surface area contributed by atoms with Crippen LogP contribution in [-0.4, -0.2) is 44.3 Å². The first-order chi connectivity index (χ1) is 14.0. The van der Waals surface area contributed by atoms with E-state index in [1.165, 1.54) is 51.4 Å². The Kier molecular flexibility index (Phi) is 46.0. The molecule has 0 heterocycles. The first-order valence-corrected chi connectivity index (χ1v) is 9.41. The zero-order chi connectivity index (χ0) is 24.8. The SMILES string of the molecule is C=CC(=O)O.C=CC(=O)O.C=CC(=O)O.C=CC(=O)O.CCCCCCCCCC. The van der Waals surface area contributed by atoms with Crippen LogP contribution in [0.4, 0.5) is 0 Å². The van der Waals surface area contributed by atoms with Gasteiger partial charge in [-0.3, -0.25) is 0 Å². The summed E-state index contributed by atoms with van der Waals surface area (Å²) in [5.74, 6) is -3.93. The van der Waals surface area contributed by atoms with Crippen LogP contribution in [0.25, 0.3) is 0 Å². The molecular formula is C22H38O8. The van der Waals surface area contributed by atoms with Gasteiger partial charge in [-0.05, 0) is 0 Å². The maximum Gasteiger partial charge on any atom is 0.327 e. The van der Waals surface area contributed by atoms with E-state index in [2.05, 4.69) is 40.2 Å². The van der Waals surface area contributed by atoms with Gasteiger partial charge in [-0.15, -0.1) is 0 Å². The van der Waals surface area contributed by atoms with Gasteiger partial charge in [0.05, 0.1) is 0 Å². The molecule has 4 N–H and O–H groups in total. The van der Waals surface area contributed by atoms with Crippen molar-refractivity contribution in [1.82, 2.24) is 0 Å². The Morgan fingerprint density at radius 1 is 0.500 bits per heavy atom. The number of carboxylic acid groups (broad SMARTS) is 4. The number of rotatable bonds is 11. The molecule has 8 nitrogen and oxygen atoms in total. The monoisotopic (exact) mass is 430 g/mol. The number of hydrogen-bond acceptors (Lipinski definition) is 4. The van der Waals surface area contributed by atoms with E-state index in [0.29, 0.717) is 0 Å². The summed E-state index contributed by atoms with van der Waals surface area (Å²) in [6, 6.07) is 0. The van der Waals surface area contributed by atoms with Crippen molar-refractivity contribution in [1.29, 1.82) is 0 Å². The summed E-state index contributed by atoms with van der Waals surface area (Å²) in [5, 5.41) is 30.4. The Hall–Kier alpha value is -3.16. The molecule has 0 unspecified atom stereocenters. The van der Waals surface area contributed by atoms with E-state index < -0.39 is 23.9 Å². The fraction of sp³-hybridized carbons (Fsp3) is 0.455. The smallest absolute Gasteiger partial charge is 0.327 e. The van der Waals surface area contributed by atoms with Crippen molar-refractivity contribution in [2.24, 2.45) is 0 Å². The van der Waals surface area contributed by atoms with Gasteiger partial charge in [-0.25, -0.2) is 19.2 Å². The maximum absolute atomic E-state index is 9.25. The molecule has 8 heteroatoms. The Bertz CT molecular complexity index is 402. The second-order valence-corrected chi connectivity index (χ2v) is 5.29. The third kappa shape index (κ3) is 101. The minimum absolute atomic E-state index is 0.833. The lowest BCUT2D eigenvalue weighted by Gasteiger charge is -1.97. The largest absolute Gasteiger partial charge is 0.478 e. The highest BCUT2D eigenvalue weighted by atomic mass is 16.4. The van der Waals surface area contributed by atoms with Crippen LogP contribution in [0.15, 0.2) is 50.6 Å². The summed E-state index contributed by atoms with van der Waals surface area (Å²) in [4.78, 5) is 37.0. The van der Waals surface area contributed by atoms with E-state index in [4.69, 9.17) is 20.4 Å². The van der Waals surface area contributed by atoms with Gasteiger partial charge in [-0.2, -0.15) is 0 Å². The van der Waals surface area contributed by atoms with Crippen LogP contribution in [0, 0.1) is 0 Å². The lowest BCUT2D eigenvalue weighted by Crippen LogP contribution is -1.82. The number of aliphatic carboxylic acids is 4. The zero-order valence-electron chi connectivity index (χ0n) is 18.2. The highest BCUT2D eigenvalue weighted by Gasteiger charge is 1.87. The third-order valence-electron chi connectivity index (χ3n) is 2.66. The third-order valence-corrected chi connectivity index (χ3v) is 2.66. The lowest BCUT2D eigenvalue weighted by molar-refractivity contribution is -0.132. The molecule has 0 aromatic carbocycles. The summed E-state index contributed by atoms with van der Waals surface area (Å²) >= 11 is 0. The molecule has 0 atom stereocenters. The van der Waals surface area contributed by atoms with Crippen LogP contribution in [0.5, 0.6) is 0 Å². The number of unbranched alkanes of at least 4 members (excludes halogenated alkanes) is 7. The molecule has 30 heavy (non-hydrogen) atoms. The average Bonchev–Trinajstić information content (AvgIpc) is 2.72. The summed E-state index contributed by atoms with van der Waals surface area (Å²) in [5.41, 5.74) is 0.